The van der Waals surface area contributed by atoms with Gasteiger partial charge in [0.1, 0.15) is 0 Å². The lowest BCUT2D eigenvalue weighted by Gasteiger charge is -2.30. The fourth-order valence-electron chi connectivity index (χ4n) is 2.54. The molecule has 1 aliphatic heterocycles. The Labute approximate surface area is 110 Å². The SMILES string of the molecule is CC1CCN(Cc2cccnc2)C(CN)CN1C. The summed E-state index contributed by atoms with van der Waals surface area (Å²) < 4.78 is 0. The van der Waals surface area contributed by atoms with Crippen LogP contribution in [0.2, 0.25) is 0 Å². The number of rotatable bonds is 3. The van der Waals surface area contributed by atoms with Crippen LogP contribution in [0.15, 0.2) is 24.5 Å². The smallest absolute Gasteiger partial charge is 0.0349 e. The van der Waals surface area contributed by atoms with Crippen molar-refractivity contribution in [3.63, 3.8) is 0 Å². The Morgan fingerprint density at radius 2 is 2.33 bits per heavy atom. The van der Waals surface area contributed by atoms with Gasteiger partial charge in [0.25, 0.3) is 0 Å². The molecule has 1 aliphatic rings. The summed E-state index contributed by atoms with van der Waals surface area (Å²) in [5, 5.41) is 0. The van der Waals surface area contributed by atoms with Crippen LogP contribution in [-0.4, -0.2) is 53.5 Å². The first-order valence-corrected chi connectivity index (χ1v) is 6.74. The maximum Gasteiger partial charge on any atom is 0.0349 e. The van der Waals surface area contributed by atoms with Gasteiger partial charge >= 0.3 is 0 Å². The highest BCUT2D eigenvalue weighted by molar-refractivity contribution is 5.08. The third-order valence-corrected chi connectivity index (χ3v) is 3.98. The van der Waals surface area contributed by atoms with E-state index >= 15 is 0 Å². The molecule has 2 N–H and O–H groups in total. The molecule has 0 saturated carbocycles. The number of hydrogen-bond acceptors (Lipinski definition) is 4. The van der Waals surface area contributed by atoms with Crippen LogP contribution in [0, 0.1) is 0 Å². The Hall–Kier alpha value is -0.970. The monoisotopic (exact) mass is 248 g/mol. The molecule has 1 fully saturated rings. The molecular formula is C14H24N4. The van der Waals surface area contributed by atoms with Gasteiger partial charge in [-0.15, -0.1) is 0 Å². The van der Waals surface area contributed by atoms with Crippen LogP contribution in [0.5, 0.6) is 0 Å². The largest absolute Gasteiger partial charge is 0.329 e. The summed E-state index contributed by atoms with van der Waals surface area (Å²) in [6.45, 7) is 6.13. The van der Waals surface area contributed by atoms with Crippen LogP contribution in [-0.2, 0) is 6.54 Å². The quantitative estimate of drug-likeness (QED) is 0.864. The first kappa shape index (κ1) is 13.5. The Morgan fingerprint density at radius 1 is 1.50 bits per heavy atom. The molecular weight excluding hydrogens is 224 g/mol. The predicted molar refractivity (Wildman–Crippen MR) is 74.2 cm³/mol. The topological polar surface area (TPSA) is 45.4 Å². The fraction of sp³-hybridized carbons (Fsp3) is 0.643. The number of pyridine rings is 1. The van der Waals surface area contributed by atoms with Crippen molar-refractivity contribution in [3.05, 3.63) is 30.1 Å². The van der Waals surface area contributed by atoms with E-state index in [0.717, 1.165) is 26.2 Å². The van der Waals surface area contributed by atoms with Gasteiger partial charge in [0.05, 0.1) is 0 Å². The minimum absolute atomic E-state index is 0.445. The van der Waals surface area contributed by atoms with Crippen molar-refractivity contribution in [2.24, 2.45) is 5.73 Å². The van der Waals surface area contributed by atoms with Gasteiger partial charge in [-0.05, 0) is 32.0 Å². The second kappa shape index (κ2) is 6.27. The van der Waals surface area contributed by atoms with E-state index in [4.69, 9.17) is 5.73 Å². The van der Waals surface area contributed by atoms with E-state index in [9.17, 15) is 0 Å². The van der Waals surface area contributed by atoms with Crippen molar-refractivity contribution >= 4 is 0 Å². The molecule has 0 radical (unpaired) electrons. The van der Waals surface area contributed by atoms with Crippen molar-refractivity contribution < 1.29 is 0 Å². The zero-order chi connectivity index (χ0) is 13.0. The van der Waals surface area contributed by atoms with E-state index in [-0.39, 0.29) is 0 Å². The molecule has 1 saturated heterocycles. The van der Waals surface area contributed by atoms with Crippen LogP contribution in [0.3, 0.4) is 0 Å². The molecule has 0 aliphatic carbocycles. The van der Waals surface area contributed by atoms with E-state index in [1.165, 1.54) is 12.0 Å². The summed E-state index contributed by atoms with van der Waals surface area (Å²) in [6.07, 6.45) is 4.97. The molecule has 2 unspecified atom stereocenters. The average Bonchev–Trinajstić information content (AvgIpc) is 2.53. The molecule has 2 rings (SSSR count). The molecule has 4 heteroatoms. The Bertz CT molecular complexity index is 354. The molecule has 1 aromatic rings. The second-order valence-electron chi connectivity index (χ2n) is 5.30. The lowest BCUT2D eigenvalue weighted by molar-refractivity contribution is 0.180. The van der Waals surface area contributed by atoms with Gasteiger partial charge < -0.3 is 10.6 Å². The minimum atomic E-state index is 0.445. The van der Waals surface area contributed by atoms with Gasteiger partial charge in [-0.1, -0.05) is 6.07 Å². The molecule has 0 bridgehead atoms. The third kappa shape index (κ3) is 3.28. The predicted octanol–water partition coefficient (Wildman–Crippen LogP) is 0.935. The number of likely N-dealkylation sites (N-methyl/N-ethyl adjacent to an activating group) is 1. The molecule has 18 heavy (non-hydrogen) atoms. The van der Waals surface area contributed by atoms with Gasteiger partial charge in [-0.3, -0.25) is 9.88 Å². The van der Waals surface area contributed by atoms with Crippen LogP contribution < -0.4 is 5.73 Å². The lowest BCUT2D eigenvalue weighted by Crippen LogP contribution is -2.45. The Kier molecular flexibility index (Phi) is 4.69. The van der Waals surface area contributed by atoms with Crippen LogP contribution in [0.1, 0.15) is 18.9 Å². The molecule has 0 spiro atoms. The number of nitrogens with two attached hydrogens (primary N) is 1. The normalized spacial score (nSPS) is 27.1. The molecule has 0 aromatic carbocycles. The Morgan fingerprint density at radius 3 is 3.00 bits per heavy atom. The molecule has 100 valence electrons. The maximum atomic E-state index is 5.94. The zero-order valence-corrected chi connectivity index (χ0v) is 11.4. The van der Waals surface area contributed by atoms with Gasteiger partial charge in [-0.25, -0.2) is 0 Å². The number of aromatic nitrogens is 1. The maximum absolute atomic E-state index is 5.94. The lowest BCUT2D eigenvalue weighted by atomic mass is 10.2. The summed E-state index contributed by atoms with van der Waals surface area (Å²) in [6, 6.07) is 5.22. The first-order chi connectivity index (χ1) is 8.70. The number of nitrogens with zero attached hydrogens (tertiary/aromatic N) is 3. The van der Waals surface area contributed by atoms with Crippen molar-refractivity contribution in [2.75, 3.05) is 26.7 Å². The van der Waals surface area contributed by atoms with Gasteiger partial charge in [0.2, 0.25) is 0 Å². The summed E-state index contributed by atoms with van der Waals surface area (Å²) in [5.74, 6) is 0. The van der Waals surface area contributed by atoms with Crippen molar-refractivity contribution in [1.82, 2.24) is 14.8 Å². The van der Waals surface area contributed by atoms with E-state index < -0.39 is 0 Å². The van der Waals surface area contributed by atoms with Gasteiger partial charge in [0.15, 0.2) is 0 Å². The third-order valence-electron chi connectivity index (χ3n) is 3.98. The van der Waals surface area contributed by atoms with Crippen molar-refractivity contribution in [3.8, 4) is 0 Å². The van der Waals surface area contributed by atoms with Crippen LogP contribution in [0.4, 0.5) is 0 Å². The number of hydrogen-bond donors (Lipinski definition) is 1. The fourth-order valence-corrected chi connectivity index (χ4v) is 2.54. The Balaban J connectivity index is 2.05. The van der Waals surface area contributed by atoms with E-state index in [2.05, 4.69) is 34.8 Å². The average molecular weight is 248 g/mol. The molecule has 1 aromatic heterocycles. The zero-order valence-electron chi connectivity index (χ0n) is 11.4. The standard InChI is InChI=1S/C14H24N4/c1-12-5-7-18(14(8-15)11-17(12)2)10-13-4-3-6-16-9-13/h3-4,6,9,12,14H,5,7-8,10-11,15H2,1-2H3. The van der Waals surface area contributed by atoms with E-state index in [0.29, 0.717) is 12.1 Å². The van der Waals surface area contributed by atoms with Crippen LogP contribution in [0.25, 0.3) is 0 Å². The molecule has 4 nitrogen and oxygen atoms in total. The van der Waals surface area contributed by atoms with Gasteiger partial charge in [0, 0.05) is 50.7 Å². The van der Waals surface area contributed by atoms with E-state index in [1.807, 2.05) is 18.5 Å². The molecule has 2 heterocycles. The van der Waals surface area contributed by atoms with E-state index in [1.54, 1.807) is 0 Å². The summed E-state index contributed by atoms with van der Waals surface area (Å²) >= 11 is 0. The highest BCUT2D eigenvalue weighted by Gasteiger charge is 2.25. The highest BCUT2D eigenvalue weighted by atomic mass is 15.2. The molecule has 2 atom stereocenters. The minimum Gasteiger partial charge on any atom is -0.329 e. The van der Waals surface area contributed by atoms with Gasteiger partial charge in [-0.2, -0.15) is 0 Å². The first-order valence-electron chi connectivity index (χ1n) is 6.74. The summed E-state index contributed by atoms with van der Waals surface area (Å²) in [7, 11) is 2.20. The van der Waals surface area contributed by atoms with Crippen LogP contribution >= 0.6 is 0 Å². The molecule has 0 amide bonds. The summed E-state index contributed by atoms with van der Waals surface area (Å²) in [5.41, 5.74) is 7.21. The summed E-state index contributed by atoms with van der Waals surface area (Å²) in [4.78, 5) is 9.10. The van der Waals surface area contributed by atoms with Crippen molar-refractivity contribution in [1.29, 1.82) is 0 Å². The highest BCUT2D eigenvalue weighted by Crippen LogP contribution is 2.16. The second-order valence-corrected chi connectivity index (χ2v) is 5.30. The van der Waals surface area contributed by atoms with Crippen molar-refractivity contribution in [2.45, 2.75) is 32.0 Å².